The summed E-state index contributed by atoms with van der Waals surface area (Å²) in [5, 5.41) is 19.3. The molecule has 27 heavy (non-hydrogen) atoms. The lowest BCUT2D eigenvalue weighted by atomic mass is 10.2. The summed E-state index contributed by atoms with van der Waals surface area (Å²) in [6.07, 6.45) is -4.38. The van der Waals surface area contributed by atoms with Gasteiger partial charge in [0.15, 0.2) is 5.69 Å². The van der Waals surface area contributed by atoms with Gasteiger partial charge in [-0.25, -0.2) is 9.67 Å². The van der Waals surface area contributed by atoms with Crippen molar-refractivity contribution in [3.05, 3.63) is 28.5 Å². The Labute approximate surface area is 161 Å². The number of carbonyl (C=O) groups is 2. The normalized spacial score (nSPS) is 19.6. The number of thiazole rings is 1. The van der Waals surface area contributed by atoms with Crippen molar-refractivity contribution < 1.29 is 27.9 Å². The van der Waals surface area contributed by atoms with E-state index in [1.165, 1.54) is 12.3 Å². The summed E-state index contributed by atoms with van der Waals surface area (Å²) in [5.41, 5.74) is -0.846. The van der Waals surface area contributed by atoms with Crippen molar-refractivity contribution in [2.24, 2.45) is 0 Å². The van der Waals surface area contributed by atoms with E-state index in [0.717, 1.165) is 17.4 Å². The summed E-state index contributed by atoms with van der Waals surface area (Å²) in [7, 11) is 0. The van der Waals surface area contributed by atoms with E-state index < -0.39 is 35.8 Å². The maximum absolute atomic E-state index is 13.1. The van der Waals surface area contributed by atoms with Gasteiger partial charge in [-0.3, -0.25) is 9.59 Å². The second kappa shape index (κ2) is 7.82. The molecule has 1 amide bonds. The summed E-state index contributed by atoms with van der Waals surface area (Å²) in [6.45, 7) is 1.72. The highest BCUT2D eigenvalue weighted by Crippen LogP contribution is 2.32. The first-order valence-corrected chi connectivity index (χ1v) is 8.40. The molecule has 1 saturated heterocycles. The topological polar surface area (TPSA) is 109 Å². The molecule has 1 fully saturated rings. The van der Waals surface area contributed by atoms with Gasteiger partial charge < -0.3 is 15.7 Å². The maximum Gasteiger partial charge on any atom is 0.433 e. The molecule has 2 aromatic rings. The fraction of sp³-hybridized carbons (Fsp3) is 0.429. The molecule has 13 heteroatoms. The van der Waals surface area contributed by atoms with Gasteiger partial charge >= 0.3 is 12.1 Å². The minimum Gasteiger partial charge on any atom is -0.480 e. The number of aryl methyl sites for hydroxylation is 1. The SMILES string of the molecule is Cc1cc(C(F)(F)F)n(-c2nc(C(=O)N[C@@H]3CN[C@H](C(=O)O)C3)cs2)n1.Cl. The summed E-state index contributed by atoms with van der Waals surface area (Å²) >= 11 is 0.857. The van der Waals surface area contributed by atoms with Crippen LogP contribution in [0.1, 0.15) is 28.3 Å². The second-order valence-corrected chi connectivity index (χ2v) is 6.64. The summed E-state index contributed by atoms with van der Waals surface area (Å²) in [6, 6.07) is -0.240. The molecule has 0 spiro atoms. The number of hydrogen-bond acceptors (Lipinski definition) is 6. The van der Waals surface area contributed by atoms with Crippen molar-refractivity contribution in [2.75, 3.05) is 6.54 Å². The van der Waals surface area contributed by atoms with Crippen LogP contribution in [0.15, 0.2) is 11.4 Å². The third-order valence-electron chi connectivity index (χ3n) is 3.79. The first-order chi connectivity index (χ1) is 12.1. The van der Waals surface area contributed by atoms with Crippen LogP contribution in [0.5, 0.6) is 0 Å². The first kappa shape index (κ1) is 21.1. The predicted octanol–water partition coefficient (Wildman–Crippen LogP) is 1.62. The van der Waals surface area contributed by atoms with Gasteiger partial charge in [0.2, 0.25) is 5.13 Å². The molecule has 2 aromatic heterocycles. The zero-order valence-electron chi connectivity index (χ0n) is 13.8. The molecule has 3 heterocycles. The molecule has 0 radical (unpaired) electrons. The fourth-order valence-corrected chi connectivity index (χ4v) is 3.37. The molecule has 0 unspecified atom stereocenters. The quantitative estimate of drug-likeness (QED) is 0.687. The molecular formula is C14H15ClF3N5O3S. The number of nitrogens with one attached hydrogen (secondary N) is 2. The fourth-order valence-electron chi connectivity index (χ4n) is 2.61. The van der Waals surface area contributed by atoms with Crippen molar-refractivity contribution in [1.29, 1.82) is 0 Å². The third kappa shape index (κ3) is 4.57. The average Bonchev–Trinajstić information content (AvgIpc) is 3.23. The maximum atomic E-state index is 13.1. The van der Waals surface area contributed by atoms with Gasteiger partial charge in [0, 0.05) is 18.0 Å². The number of carboxylic acid groups (broad SMARTS) is 1. The van der Waals surface area contributed by atoms with E-state index in [4.69, 9.17) is 5.11 Å². The molecule has 0 bridgehead atoms. The van der Waals surface area contributed by atoms with Crippen LogP contribution in [0, 0.1) is 6.92 Å². The van der Waals surface area contributed by atoms with Crippen molar-refractivity contribution in [2.45, 2.75) is 31.6 Å². The number of aromatic nitrogens is 3. The Kier molecular flexibility index (Phi) is 6.12. The van der Waals surface area contributed by atoms with Gasteiger partial charge in [-0.2, -0.15) is 18.3 Å². The Hall–Kier alpha value is -2.18. The van der Waals surface area contributed by atoms with E-state index in [9.17, 15) is 22.8 Å². The molecule has 1 aliphatic heterocycles. The number of nitrogens with zero attached hydrogens (tertiary/aromatic N) is 3. The molecule has 0 aromatic carbocycles. The predicted molar refractivity (Wildman–Crippen MR) is 91.5 cm³/mol. The highest BCUT2D eigenvalue weighted by Gasteiger charge is 2.37. The van der Waals surface area contributed by atoms with Crippen LogP contribution >= 0.6 is 23.7 Å². The number of halogens is 4. The summed E-state index contributed by atoms with van der Waals surface area (Å²) < 4.78 is 39.9. The van der Waals surface area contributed by atoms with Crippen LogP contribution in [0.2, 0.25) is 0 Å². The molecule has 3 rings (SSSR count). The highest BCUT2D eigenvalue weighted by molar-refractivity contribution is 7.12. The third-order valence-corrected chi connectivity index (χ3v) is 4.61. The van der Waals surface area contributed by atoms with Gasteiger partial charge in [0.25, 0.3) is 5.91 Å². The average molecular weight is 426 g/mol. The molecule has 1 aliphatic rings. The number of rotatable bonds is 4. The van der Waals surface area contributed by atoms with Crippen molar-refractivity contribution in [3.8, 4) is 5.13 Å². The second-order valence-electron chi connectivity index (χ2n) is 5.80. The van der Waals surface area contributed by atoms with Gasteiger partial charge in [-0.15, -0.1) is 23.7 Å². The minimum atomic E-state index is -4.60. The van der Waals surface area contributed by atoms with Crippen LogP contribution in [0.25, 0.3) is 5.13 Å². The number of aliphatic carboxylic acids is 1. The smallest absolute Gasteiger partial charge is 0.433 e. The number of carboxylic acids is 1. The molecule has 8 nitrogen and oxygen atoms in total. The van der Waals surface area contributed by atoms with Gasteiger partial charge in [0.1, 0.15) is 11.7 Å². The number of alkyl halides is 3. The van der Waals surface area contributed by atoms with E-state index in [2.05, 4.69) is 20.7 Å². The van der Waals surface area contributed by atoms with Crippen LogP contribution in [-0.4, -0.2) is 50.4 Å². The van der Waals surface area contributed by atoms with Gasteiger partial charge in [0.05, 0.1) is 5.69 Å². The number of hydrogen-bond donors (Lipinski definition) is 3. The van der Waals surface area contributed by atoms with Gasteiger partial charge in [-0.1, -0.05) is 0 Å². The Morgan fingerprint density at radius 2 is 2.15 bits per heavy atom. The van der Waals surface area contributed by atoms with Crippen LogP contribution < -0.4 is 10.6 Å². The Morgan fingerprint density at radius 1 is 1.44 bits per heavy atom. The van der Waals surface area contributed by atoms with E-state index >= 15 is 0 Å². The van der Waals surface area contributed by atoms with Crippen molar-refractivity contribution >= 4 is 35.6 Å². The lowest BCUT2D eigenvalue weighted by Crippen LogP contribution is -2.36. The minimum absolute atomic E-state index is 0. The van der Waals surface area contributed by atoms with E-state index in [1.807, 2.05) is 0 Å². The van der Waals surface area contributed by atoms with Crippen molar-refractivity contribution in [3.63, 3.8) is 0 Å². The Morgan fingerprint density at radius 3 is 2.74 bits per heavy atom. The van der Waals surface area contributed by atoms with E-state index in [1.54, 1.807) is 0 Å². The molecular weight excluding hydrogens is 411 g/mol. The van der Waals surface area contributed by atoms with E-state index in [-0.39, 0.29) is 41.9 Å². The lowest BCUT2D eigenvalue weighted by Gasteiger charge is -2.10. The van der Waals surface area contributed by atoms with Crippen LogP contribution in [0.4, 0.5) is 13.2 Å². The monoisotopic (exact) mass is 425 g/mol. The molecule has 2 atom stereocenters. The molecule has 0 aliphatic carbocycles. The summed E-state index contributed by atoms with van der Waals surface area (Å²) in [4.78, 5) is 27.0. The molecule has 0 saturated carbocycles. The standard InChI is InChI=1S/C14H14F3N5O3S.ClH/c1-6-2-10(14(15,16)17)22(21-6)13-20-9(5-26-13)11(23)19-7-3-8(12(24)25)18-4-7;/h2,5,7-8,18H,3-4H2,1H3,(H,19,23)(H,24,25);1H/t7-,8-;/m0./s1. The molecule has 3 N–H and O–H groups in total. The first-order valence-electron chi connectivity index (χ1n) is 7.52. The van der Waals surface area contributed by atoms with Crippen molar-refractivity contribution in [1.82, 2.24) is 25.4 Å². The molecule has 148 valence electrons. The lowest BCUT2D eigenvalue weighted by molar-refractivity contribution is -0.143. The highest BCUT2D eigenvalue weighted by atomic mass is 35.5. The Balaban J connectivity index is 0.00000261. The largest absolute Gasteiger partial charge is 0.480 e. The van der Waals surface area contributed by atoms with Gasteiger partial charge in [-0.05, 0) is 19.4 Å². The van der Waals surface area contributed by atoms with Crippen LogP contribution in [0.3, 0.4) is 0 Å². The zero-order chi connectivity index (χ0) is 19.1. The Bertz CT molecular complexity index is 853. The van der Waals surface area contributed by atoms with Crippen LogP contribution in [-0.2, 0) is 11.0 Å². The number of amides is 1. The summed E-state index contributed by atoms with van der Waals surface area (Å²) in [5.74, 6) is -1.59. The van der Waals surface area contributed by atoms with E-state index in [0.29, 0.717) is 4.68 Å². The number of carbonyl (C=O) groups excluding carboxylic acids is 1. The zero-order valence-corrected chi connectivity index (χ0v) is 15.4.